The number of halogens is 1. The van der Waals surface area contributed by atoms with E-state index in [2.05, 4.69) is 10.2 Å². The zero-order chi connectivity index (χ0) is 14.5. The lowest BCUT2D eigenvalue weighted by Gasteiger charge is -2.34. The van der Waals surface area contributed by atoms with E-state index in [0.717, 1.165) is 13.0 Å². The van der Waals surface area contributed by atoms with E-state index in [9.17, 15) is 14.3 Å². The lowest BCUT2D eigenvalue weighted by atomic mass is 9.96. The molecule has 1 aliphatic rings. The first-order valence-corrected chi connectivity index (χ1v) is 7.00. The van der Waals surface area contributed by atoms with Crippen molar-refractivity contribution in [1.82, 2.24) is 4.90 Å². The maximum atomic E-state index is 13.0. The van der Waals surface area contributed by atoms with Gasteiger partial charge in [0.05, 0.1) is 6.10 Å². The van der Waals surface area contributed by atoms with E-state index in [1.807, 2.05) is 6.92 Å². The number of amides is 1. The van der Waals surface area contributed by atoms with Crippen LogP contribution in [0.5, 0.6) is 0 Å². The minimum atomic E-state index is -0.365. The van der Waals surface area contributed by atoms with Crippen LogP contribution in [0.1, 0.15) is 19.8 Å². The van der Waals surface area contributed by atoms with Crippen LogP contribution in [0.25, 0.3) is 0 Å². The topological polar surface area (TPSA) is 52.6 Å². The van der Waals surface area contributed by atoms with Gasteiger partial charge in [0.2, 0.25) is 5.91 Å². The third kappa shape index (κ3) is 4.28. The summed E-state index contributed by atoms with van der Waals surface area (Å²) in [6.45, 7) is 4.18. The number of carbonyl (C=O) groups is 1. The molecule has 0 aliphatic carbocycles. The van der Waals surface area contributed by atoms with Gasteiger partial charge in [-0.3, -0.25) is 4.79 Å². The third-order valence-corrected chi connectivity index (χ3v) is 3.77. The molecule has 0 saturated carbocycles. The van der Waals surface area contributed by atoms with Gasteiger partial charge in [-0.1, -0.05) is 13.0 Å². The zero-order valence-corrected chi connectivity index (χ0v) is 11.7. The van der Waals surface area contributed by atoms with Gasteiger partial charge in [0, 0.05) is 25.2 Å². The summed E-state index contributed by atoms with van der Waals surface area (Å²) in [5.41, 5.74) is 0.474. The first-order valence-electron chi connectivity index (χ1n) is 7.00. The molecule has 2 atom stereocenters. The number of β-amino-alcohol motifs (C(OH)–C–C–N with tert-alkyl or cyclic N) is 1. The van der Waals surface area contributed by atoms with Crippen molar-refractivity contribution in [1.29, 1.82) is 0 Å². The highest BCUT2D eigenvalue weighted by atomic mass is 19.1. The lowest BCUT2D eigenvalue weighted by molar-refractivity contribution is -0.116. The molecule has 20 heavy (non-hydrogen) atoms. The summed E-state index contributed by atoms with van der Waals surface area (Å²) in [5, 5.41) is 12.5. The fourth-order valence-corrected chi connectivity index (χ4v) is 2.37. The smallest absolute Gasteiger partial charge is 0.225 e. The van der Waals surface area contributed by atoms with Crippen LogP contribution < -0.4 is 5.32 Å². The number of hydrogen-bond acceptors (Lipinski definition) is 3. The van der Waals surface area contributed by atoms with Gasteiger partial charge in [-0.05, 0) is 37.1 Å². The molecule has 1 saturated heterocycles. The Bertz CT molecular complexity index is 467. The number of nitrogens with one attached hydrogen (secondary N) is 1. The summed E-state index contributed by atoms with van der Waals surface area (Å²) >= 11 is 0. The first-order chi connectivity index (χ1) is 9.54. The molecule has 0 radical (unpaired) electrons. The maximum absolute atomic E-state index is 13.0. The van der Waals surface area contributed by atoms with Crippen molar-refractivity contribution in [2.45, 2.75) is 25.9 Å². The second kappa shape index (κ2) is 6.81. The molecule has 2 N–H and O–H groups in total. The Morgan fingerprint density at radius 3 is 3.05 bits per heavy atom. The SMILES string of the molecule is CC1CCN(CCC(=O)Nc2cccc(F)c2)CC1O. The Morgan fingerprint density at radius 1 is 1.55 bits per heavy atom. The Labute approximate surface area is 118 Å². The van der Waals surface area contributed by atoms with Crippen LogP contribution >= 0.6 is 0 Å². The average molecular weight is 280 g/mol. The third-order valence-electron chi connectivity index (χ3n) is 3.77. The molecule has 4 nitrogen and oxygen atoms in total. The molecular formula is C15H21FN2O2. The highest BCUT2D eigenvalue weighted by Crippen LogP contribution is 2.17. The summed E-state index contributed by atoms with van der Waals surface area (Å²) in [7, 11) is 0. The number of aliphatic hydroxyl groups excluding tert-OH is 1. The van der Waals surface area contributed by atoms with Gasteiger partial charge in [0.1, 0.15) is 5.82 Å². The number of piperidine rings is 1. The van der Waals surface area contributed by atoms with E-state index >= 15 is 0 Å². The molecule has 0 spiro atoms. The molecule has 2 unspecified atom stereocenters. The number of likely N-dealkylation sites (tertiary alicyclic amines) is 1. The monoisotopic (exact) mass is 280 g/mol. The van der Waals surface area contributed by atoms with Gasteiger partial charge < -0.3 is 15.3 Å². The van der Waals surface area contributed by atoms with Crippen molar-refractivity contribution in [2.24, 2.45) is 5.92 Å². The summed E-state index contributed by atoms with van der Waals surface area (Å²) in [6, 6.07) is 5.86. The van der Waals surface area contributed by atoms with Crippen molar-refractivity contribution in [3.63, 3.8) is 0 Å². The summed E-state index contributed by atoms with van der Waals surface area (Å²) < 4.78 is 13.0. The molecule has 5 heteroatoms. The molecule has 2 rings (SSSR count). The second-order valence-corrected chi connectivity index (χ2v) is 5.44. The van der Waals surface area contributed by atoms with Crippen molar-refractivity contribution >= 4 is 11.6 Å². The van der Waals surface area contributed by atoms with Crippen LogP contribution in [-0.4, -0.2) is 41.7 Å². The van der Waals surface area contributed by atoms with Crippen LogP contribution in [0.4, 0.5) is 10.1 Å². The number of rotatable bonds is 4. The molecule has 1 amide bonds. The Balaban J connectivity index is 1.75. The highest BCUT2D eigenvalue weighted by Gasteiger charge is 2.24. The summed E-state index contributed by atoms with van der Waals surface area (Å²) in [5.74, 6) is -0.174. The van der Waals surface area contributed by atoms with E-state index in [-0.39, 0.29) is 17.8 Å². The summed E-state index contributed by atoms with van der Waals surface area (Å²) in [6.07, 6.45) is 0.986. The molecular weight excluding hydrogens is 259 g/mol. The Kier molecular flexibility index (Phi) is 5.09. The molecule has 1 fully saturated rings. The fraction of sp³-hybridized carbons (Fsp3) is 0.533. The Morgan fingerprint density at radius 2 is 2.35 bits per heavy atom. The number of carbonyl (C=O) groups excluding carboxylic acids is 1. The maximum Gasteiger partial charge on any atom is 0.225 e. The zero-order valence-electron chi connectivity index (χ0n) is 11.7. The first kappa shape index (κ1) is 14.9. The number of aliphatic hydroxyl groups is 1. The number of hydrogen-bond donors (Lipinski definition) is 2. The van der Waals surface area contributed by atoms with Crippen molar-refractivity contribution in [3.05, 3.63) is 30.1 Å². The lowest BCUT2D eigenvalue weighted by Crippen LogP contribution is -2.43. The molecule has 110 valence electrons. The van der Waals surface area contributed by atoms with Gasteiger partial charge in [0.15, 0.2) is 0 Å². The molecule has 0 bridgehead atoms. The minimum absolute atomic E-state index is 0.135. The van der Waals surface area contributed by atoms with Crippen LogP contribution in [0, 0.1) is 11.7 Å². The van der Waals surface area contributed by atoms with E-state index in [1.54, 1.807) is 12.1 Å². The minimum Gasteiger partial charge on any atom is -0.392 e. The predicted octanol–water partition coefficient (Wildman–Crippen LogP) is 1.86. The standard InChI is InChI=1S/C15H21FN2O2/c1-11-5-7-18(10-14(11)19)8-6-15(20)17-13-4-2-3-12(16)9-13/h2-4,9,11,14,19H,5-8,10H2,1H3,(H,17,20). The van der Waals surface area contributed by atoms with Gasteiger partial charge >= 0.3 is 0 Å². The number of nitrogens with zero attached hydrogens (tertiary/aromatic N) is 1. The van der Waals surface area contributed by atoms with Crippen LogP contribution in [0.3, 0.4) is 0 Å². The average Bonchev–Trinajstić information content (AvgIpc) is 2.40. The molecule has 1 aromatic carbocycles. The largest absolute Gasteiger partial charge is 0.392 e. The van der Waals surface area contributed by atoms with Gasteiger partial charge in [-0.2, -0.15) is 0 Å². The van der Waals surface area contributed by atoms with Gasteiger partial charge in [0.25, 0.3) is 0 Å². The van der Waals surface area contributed by atoms with Crippen LogP contribution in [0.2, 0.25) is 0 Å². The summed E-state index contributed by atoms with van der Waals surface area (Å²) in [4.78, 5) is 13.9. The quantitative estimate of drug-likeness (QED) is 0.885. The van der Waals surface area contributed by atoms with E-state index in [4.69, 9.17) is 0 Å². The van der Waals surface area contributed by atoms with E-state index < -0.39 is 0 Å². The normalized spacial score (nSPS) is 23.6. The van der Waals surface area contributed by atoms with Crippen molar-refractivity contribution in [3.8, 4) is 0 Å². The van der Waals surface area contributed by atoms with Crippen LogP contribution in [-0.2, 0) is 4.79 Å². The van der Waals surface area contributed by atoms with Gasteiger partial charge in [-0.25, -0.2) is 4.39 Å². The molecule has 1 heterocycles. The number of anilines is 1. The second-order valence-electron chi connectivity index (χ2n) is 5.44. The van der Waals surface area contributed by atoms with E-state index in [1.165, 1.54) is 12.1 Å². The fourth-order valence-electron chi connectivity index (χ4n) is 2.37. The van der Waals surface area contributed by atoms with Crippen molar-refractivity contribution in [2.75, 3.05) is 25.0 Å². The van der Waals surface area contributed by atoms with Gasteiger partial charge in [-0.15, -0.1) is 0 Å². The van der Waals surface area contributed by atoms with E-state index in [0.29, 0.717) is 31.1 Å². The van der Waals surface area contributed by atoms with Crippen LogP contribution in [0.15, 0.2) is 24.3 Å². The molecule has 0 aromatic heterocycles. The van der Waals surface area contributed by atoms with Crippen molar-refractivity contribution < 1.29 is 14.3 Å². The molecule has 1 aromatic rings. The highest BCUT2D eigenvalue weighted by molar-refractivity contribution is 5.90. The molecule has 1 aliphatic heterocycles. The Hall–Kier alpha value is -1.46. The predicted molar refractivity (Wildman–Crippen MR) is 75.9 cm³/mol. The number of benzene rings is 1.